The topological polar surface area (TPSA) is 29.3 Å². The van der Waals surface area contributed by atoms with Gasteiger partial charge in [-0.15, -0.1) is 11.3 Å². The Morgan fingerprint density at radius 1 is 1.56 bits per heavy atom. The van der Waals surface area contributed by atoms with Crippen molar-refractivity contribution >= 4 is 11.3 Å². The maximum atomic E-state index is 6.00. The summed E-state index contributed by atoms with van der Waals surface area (Å²) < 4.78 is 0. The standard InChI is InChI=1S/C13H22N2S/c1-10-5-6-13(16-10)9-15-7-3-4-12(8-15)11(2)14/h5-6,11-12H,3-4,7-9,14H2,1-2H3. The molecule has 2 heterocycles. The van der Waals surface area contributed by atoms with Gasteiger partial charge in [-0.25, -0.2) is 0 Å². The second kappa shape index (κ2) is 5.30. The molecular formula is C13H22N2S. The number of rotatable bonds is 3. The molecule has 2 rings (SSSR count). The molecule has 2 nitrogen and oxygen atoms in total. The zero-order chi connectivity index (χ0) is 11.5. The number of piperidine rings is 1. The summed E-state index contributed by atoms with van der Waals surface area (Å²) in [5.41, 5.74) is 6.00. The lowest BCUT2D eigenvalue weighted by atomic mass is 9.92. The molecule has 0 saturated carbocycles. The summed E-state index contributed by atoms with van der Waals surface area (Å²) in [5.74, 6) is 0.690. The molecule has 90 valence electrons. The van der Waals surface area contributed by atoms with E-state index in [9.17, 15) is 0 Å². The lowest BCUT2D eigenvalue weighted by molar-refractivity contribution is 0.155. The quantitative estimate of drug-likeness (QED) is 0.877. The molecule has 0 spiro atoms. The zero-order valence-corrected chi connectivity index (χ0v) is 11.1. The second-order valence-corrected chi connectivity index (χ2v) is 6.38. The first kappa shape index (κ1) is 12.1. The third kappa shape index (κ3) is 3.06. The van der Waals surface area contributed by atoms with Crippen LogP contribution in [0, 0.1) is 12.8 Å². The third-order valence-corrected chi connectivity index (χ3v) is 4.45. The molecule has 1 aromatic rings. The maximum Gasteiger partial charge on any atom is 0.0328 e. The first-order valence-electron chi connectivity index (χ1n) is 6.18. The van der Waals surface area contributed by atoms with Gasteiger partial charge in [0.15, 0.2) is 0 Å². The summed E-state index contributed by atoms with van der Waals surface area (Å²) >= 11 is 1.92. The van der Waals surface area contributed by atoms with Gasteiger partial charge in [0.05, 0.1) is 0 Å². The molecule has 1 aromatic heterocycles. The predicted octanol–water partition coefficient (Wildman–Crippen LogP) is 2.62. The predicted molar refractivity (Wildman–Crippen MR) is 70.7 cm³/mol. The highest BCUT2D eigenvalue weighted by molar-refractivity contribution is 7.11. The fraction of sp³-hybridized carbons (Fsp3) is 0.692. The van der Waals surface area contributed by atoms with Crippen molar-refractivity contribution in [1.29, 1.82) is 0 Å². The average molecular weight is 238 g/mol. The monoisotopic (exact) mass is 238 g/mol. The van der Waals surface area contributed by atoms with Crippen LogP contribution >= 0.6 is 11.3 Å². The van der Waals surface area contributed by atoms with E-state index in [1.807, 2.05) is 11.3 Å². The molecule has 3 heteroatoms. The Balaban J connectivity index is 1.90. The van der Waals surface area contributed by atoms with Crippen molar-refractivity contribution in [2.75, 3.05) is 13.1 Å². The van der Waals surface area contributed by atoms with E-state index < -0.39 is 0 Å². The summed E-state index contributed by atoms with van der Waals surface area (Å²) in [6, 6.07) is 4.82. The van der Waals surface area contributed by atoms with Crippen LogP contribution in [-0.2, 0) is 6.54 Å². The van der Waals surface area contributed by atoms with E-state index in [1.54, 1.807) is 0 Å². The number of hydrogen-bond donors (Lipinski definition) is 1. The van der Waals surface area contributed by atoms with Crippen LogP contribution in [0.25, 0.3) is 0 Å². The molecule has 2 N–H and O–H groups in total. The number of thiophene rings is 1. The van der Waals surface area contributed by atoms with E-state index in [4.69, 9.17) is 5.73 Å². The highest BCUT2D eigenvalue weighted by atomic mass is 32.1. The maximum absolute atomic E-state index is 6.00. The molecule has 2 unspecified atom stereocenters. The van der Waals surface area contributed by atoms with Gasteiger partial charge < -0.3 is 5.73 Å². The molecule has 16 heavy (non-hydrogen) atoms. The van der Waals surface area contributed by atoms with Crippen LogP contribution < -0.4 is 5.73 Å². The summed E-state index contributed by atoms with van der Waals surface area (Å²) in [6.45, 7) is 7.84. The number of aryl methyl sites for hydroxylation is 1. The van der Waals surface area contributed by atoms with Gasteiger partial charge >= 0.3 is 0 Å². The Labute approximate surface area is 102 Å². The largest absolute Gasteiger partial charge is 0.328 e. The summed E-state index contributed by atoms with van der Waals surface area (Å²) in [7, 11) is 0. The molecule has 0 radical (unpaired) electrons. The van der Waals surface area contributed by atoms with Gasteiger partial charge in [-0.1, -0.05) is 0 Å². The molecule has 0 amide bonds. The van der Waals surface area contributed by atoms with Gasteiger partial charge in [0.25, 0.3) is 0 Å². The molecule has 2 atom stereocenters. The Bertz CT molecular complexity index is 332. The van der Waals surface area contributed by atoms with E-state index in [2.05, 4.69) is 30.9 Å². The van der Waals surface area contributed by atoms with E-state index in [0.717, 1.165) is 6.54 Å². The molecule has 0 bridgehead atoms. The van der Waals surface area contributed by atoms with Crippen molar-refractivity contribution < 1.29 is 0 Å². The first-order chi connectivity index (χ1) is 7.65. The summed E-state index contributed by atoms with van der Waals surface area (Å²) in [5, 5.41) is 0. The minimum Gasteiger partial charge on any atom is -0.328 e. The fourth-order valence-electron chi connectivity index (χ4n) is 2.45. The van der Waals surface area contributed by atoms with Crippen molar-refractivity contribution in [3.63, 3.8) is 0 Å². The second-order valence-electron chi connectivity index (χ2n) is 5.01. The minimum atomic E-state index is 0.341. The lowest BCUT2D eigenvalue weighted by Crippen LogP contribution is -2.41. The van der Waals surface area contributed by atoms with Crippen LogP contribution in [0.4, 0.5) is 0 Å². The minimum absolute atomic E-state index is 0.341. The highest BCUT2D eigenvalue weighted by Gasteiger charge is 2.22. The normalized spacial score (nSPS) is 24.6. The summed E-state index contributed by atoms with van der Waals surface area (Å²) in [6.07, 6.45) is 2.61. The van der Waals surface area contributed by atoms with Crippen molar-refractivity contribution in [2.24, 2.45) is 11.7 Å². The molecule has 1 aliphatic rings. The number of hydrogen-bond acceptors (Lipinski definition) is 3. The molecule has 1 aliphatic heterocycles. The van der Waals surface area contributed by atoms with Gasteiger partial charge in [0, 0.05) is 28.9 Å². The molecule has 0 aliphatic carbocycles. The van der Waals surface area contributed by atoms with Gasteiger partial charge in [-0.2, -0.15) is 0 Å². The molecule has 1 fully saturated rings. The van der Waals surface area contributed by atoms with Crippen molar-refractivity contribution in [1.82, 2.24) is 4.90 Å². The first-order valence-corrected chi connectivity index (χ1v) is 7.00. The summed E-state index contributed by atoms with van der Waals surface area (Å²) in [4.78, 5) is 5.46. The molecule has 1 saturated heterocycles. The van der Waals surface area contributed by atoms with Gasteiger partial charge in [-0.3, -0.25) is 4.90 Å². The zero-order valence-electron chi connectivity index (χ0n) is 10.3. The SMILES string of the molecule is Cc1ccc(CN2CCCC(C(C)N)C2)s1. The van der Waals surface area contributed by atoms with Crippen LogP contribution in [-0.4, -0.2) is 24.0 Å². The van der Waals surface area contributed by atoms with Gasteiger partial charge in [-0.05, 0) is 51.3 Å². The average Bonchev–Trinajstić information content (AvgIpc) is 2.64. The van der Waals surface area contributed by atoms with Crippen molar-refractivity contribution in [2.45, 2.75) is 39.3 Å². The fourth-order valence-corrected chi connectivity index (χ4v) is 3.39. The number of nitrogens with zero attached hydrogens (tertiary/aromatic N) is 1. The van der Waals surface area contributed by atoms with Crippen LogP contribution in [0.5, 0.6) is 0 Å². The van der Waals surface area contributed by atoms with Crippen LogP contribution in [0.3, 0.4) is 0 Å². The third-order valence-electron chi connectivity index (χ3n) is 3.46. The Morgan fingerprint density at radius 3 is 3.00 bits per heavy atom. The van der Waals surface area contributed by atoms with E-state index >= 15 is 0 Å². The molecule has 0 aromatic carbocycles. The van der Waals surface area contributed by atoms with Gasteiger partial charge in [0.2, 0.25) is 0 Å². The smallest absolute Gasteiger partial charge is 0.0328 e. The Kier molecular flexibility index (Phi) is 4.00. The highest BCUT2D eigenvalue weighted by Crippen LogP contribution is 2.23. The Morgan fingerprint density at radius 2 is 2.38 bits per heavy atom. The lowest BCUT2D eigenvalue weighted by Gasteiger charge is -2.34. The van der Waals surface area contributed by atoms with Crippen LogP contribution in [0.15, 0.2) is 12.1 Å². The van der Waals surface area contributed by atoms with Crippen molar-refractivity contribution in [3.8, 4) is 0 Å². The van der Waals surface area contributed by atoms with Crippen LogP contribution in [0.2, 0.25) is 0 Å². The van der Waals surface area contributed by atoms with E-state index in [1.165, 1.54) is 35.7 Å². The Hall–Kier alpha value is -0.380. The number of likely N-dealkylation sites (tertiary alicyclic amines) is 1. The van der Waals surface area contributed by atoms with E-state index in [0.29, 0.717) is 12.0 Å². The number of nitrogens with two attached hydrogens (primary N) is 1. The van der Waals surface area contributed by atoms with Crippen LogP contribution in [0.1, 0.15) is 29.5 Å². The van der Waals surface area contributed by atoms with Gasteiger partial charge in [0.1, 0.15) is 0 Å². The van der Waals surface area contributed by atoms with Crippen molar-refractivity contribution in [3.05, 3.63) is 21.9 Å². The van der Waals surface area contributed by atoms with E-state index in [-0.39, 0.29) is 0 Å². The molecular weight excluding hydrogens is 216 g/mol.